The Morgan fingerprint density at radius 1 is 0.875 bits per heavy atom. The maximum absolute atomic E-state index is 14.2. The van der Waals surface area contributed by atoms with Crippen LogP contribution in [0.2, 0.25) is 0 Å². The molecule has 0 fully saturated rings. The SMILES string of the molecule is C=CC(F)(CCCC)CCCCCCCC. The van der Waals surface area contributed by atoms with Crippen LogP contribution in [0.4, 0.5) is 4.39 Å². The monoisotopic (exact) mass is 228 g/mol. The predicted molar refractivity (Wildman–Crippen MR) is 71.6 cm³/mol. The lowest BCUT2D eigenvalue weighted by Crippen LogP contribution is -2.19. The molecule has 0 saturated heterocycles. The number of alkyl halides is 1. The van der Waals surface area contributed by atoms with E-state index in [0.717, 1.165) is 19.3 Å². The van der Waals surface area contributed by atoms with Crippen LogP contribution in [-0.4, -0.2) is 5.67 Å². The molecule has 96 valence electrons. The fourth-order valence-electron chi connectivity index (χ4n) is 2.00. The van der Waals surface area contributed by atoms with E-state index in [1.165, 1.54) is 38.2 Å². The first-order chi connectivity index (χ1) is 7.68. The van der Waals surface area contributed by atoms with E-state index in [2.05, 4.69) is 20.4 Å². The van der Waals surface area contributed by atoms with Crippen molar-refractivity contribution in [2.45, 2.75) is 83.7 Å². The highest BCUT2D eigenvalue weighted by molar-refractivity contribution is 4.95. The van der Waals surface area contributed by atoms with Crippen molar-refractivity contribution in [2.24, 2.45) is 0 Å². The zero-order valence-electron chi connectivity index (χ0n) is 11.2. The summed E-state index contributed by atoms with van der Waals surface area (Å²) in [6.45, 7) is 7.96. The van der Waals surface area contributed by atoms with Gasteiger partial charge in [-0.25, -0.2) is 4.39 Å². The van der Waals surface area contributed by atoms with Crippen molar-refractivity contribution < 1.29 is 4.39 Å². The predicted octanol–water partition coefficient (Wildman–Crippen LogP) is 5.82. The molecule has 0 amide bonds. The second kappa shape index (κ2) is 9.86. The van der Waals surface area contributed by atoms with Gasteiger partial charge in [0, 0.05) is 0 Å². The number of unbranched alkanes of at least 4 members (excludes halogenated alkanes) is 6. The first kappa shape index (κ1) is 15.7. The van der Waals surface area contributed by atoms with Gasteiger partial charge in [0.15, 0.2) is 0 Å². The number of hydrogen-bond acceptors (Lipinski definition) is 0. The largest absolute Gasteiger partial charge is 0.239 e. The van der Waals surface area contributed by atoms with E-state index in [1.807, 2.05) is 0 Å². The molecule has 1 heteroatoms. The Hall–Kier alpha value is -0.330. The molecule has 0 aromatic heterocycles. The molecule has 0 aliphatic rings. The lowest BCUT2D eigenvalue weighted by atomic mass is 9.92. The topological polar surface area (TPSA) is 0 Å². The third-order valence-electron chi connectivity index (χ3n) is 3.26. The summed E-state index contributed by atoms with van der Waals surface area (Å²) in [6, 6.07) is 0. The molecule has 0 aromatic carbocycles. The summed E-state index contributed by atoms with van der Waals surface area (Å²) in [5.74, 6) is 0. The molecular formula is C15H29F. The van der Waals surface area contributed by atoms with Crippen molar-refractivity contribution in [3.8, 4) is 0 Å². The van der Waals surface area contributed by atoms with E-state index in [-0.39, 0.29) is 0 Å². The maximum Gasteiger partial charge on any atom is 0.128 e. The molecule has 0 rings (SSSR count). The molecular weight excluding hydrogens is 199 g/mol. The molecule has 0 spiro atoms. The average molecular weight is 228 g/mol. The minimum absolute atomic E-state index is 0.655. The molecule has 0 aromatic rings. The number of hydrogen-bond donors (Lipinski definition) is 0. The van der Waals surface area contributed by atoms with Gasteiger partial charge in [-0.05, 0) is 19.3 Å². The number of halogens is 1. The summed E-state index contributed by atoms with van der Waals surface area (Å²) in [5.41, 5.74) is -1.10. The van der Waals surface area contributed by atoms with Gasteiger partial charge in [0.2, 0.25) is 0 Å². The molecule has 0 bridgehead atoms. The van der Waals surface area contributed by atoms with Crippen LogP contribution in [0.25, 0.3) is 0 Å². The van der Waals surface area contributed by atoms with E-state index in [1.54, 1.807) is 0 Å². The van der Waals surface area contributed by atoms with E-state index >= 15 is 0 Å². The summed E-state index contributed by atoms with van der Waals surface area (Å²) in [4.78, 5) is 0. The summed E-state index contributed by atoms with van der Waals surface area (Å²) < 4.78 is 14.2. The van der Waals surface area contributed by atoms with Crippen LogP contribution in [-0.2, 0) is 0 Å². The lowest BCUT2D eigenvalue weighted by molar-refractivity contribution is 0.188. The standard InChI is InChI=1S/C15H29F/c1-4-7-9-10-11-12-14-15(16,6-3)13-8-5-2/h6H,3-5,7-14H2,1-2H3. The highest BCUT2D eigenvalue weighted by Crippen LogP contribution is 2.27. The highest BCUT2D eigenvalue weighted by Gasteiger charge is 2.23. The molecule has 0 nitrogen and oxygen atoms in total. The highest BCUT2D eigenvalue weighted by atomic mass is 19.1. The summed E-state index contributed by atoms with van der Waals surface area (Å²) in [7, 11) is 0. The molecule has 16 heavy (non-hydrogen) atoms. The third kappa shape index (κ3) is 7.90. The van der Waals surface area contributed by atoms with Crippen molar-refractivity contribution in [3.05, 3.63) is 12.7 Å². The van der Waals surface area contributed by atoms with Crippen molar-refractivity contribution in [2.75, 3.05) is 0 Å². The molecule has 0 saturated carbocycles. The minimum atomic E-state index is -1.10. The molecule has 0 N–H and O–H groups in total. The zero-order chi connectivity index (χ0) is 12.3. The Balaban J connectivity index is 3.57. The van der Waals surface area contributed by atoms with Crippen molar-refractivity contribution in [1.29, 1.82) is 0 Å². The Labute approximate surface area is 101 Å². The molecule has 1 atom stereocenters. The third-order valence-corrected chi connectivity index (χ3v) is 3.26. The van der Waals surface area contributed by atoms with Gasteiger partial charge in [-0.1, -0.05) is 71.4 Å². The van der Waals surface area contributed by atoms with E-state index in [9.17, 15) is 4.39 Å². The minimum Gasteiger partial charge on any atom is -0.239 e. The van der Waals surface area contributed by atoms with E-state index in [0.29, 0.717) is 12.8 Å². The van der Waals surface area contributed by atoms with E-state index in [4.69, 9.17) is 0 Å². The number of allylic oxidation sites excluding steroid dienone is 1. The van der Waals surface area contributed by atoms with Gasteiger partial charge >= 0.3 is 0 Å². The Bertz CT molecular complexity index is 165. The summed E-state index contributed by atoms with van der Waals surface area (Å²) in [6.07, 6.45) is 12.2. The normalized spacial score (nSPS) is 14.7. The van der Waals surface area contributed by atoms with Crippen LogP contribution < -0.4 is 0 Å². The van der Waals surface area contributed by atoms with Gasteiger partial charge < -0.3 is 0 Å². The lowest BCUT2D eigenvalue weighted by Gasteiger charge is -2.21. The Morgan fingerprint density at radius 2 is 1.38 bits per heavy atom. The Morgan fingerprint density at radius 3 is 1.94 bits per heavy atom. The first-order valence-corrected chi connectivity index (χ1v) is 7.01. The summed E-state index contributed by atoms with van der Waals surface area (Å²) in [5, 5.41) is 0. The second-order valence-corrected chi connectivity index (χ2v) is 4.86. The maximum atomic E-state index is 14.2. The molecule has 0 heterocycles. The molecule has 0 aliphatic carbocycles. The van der Waals surface area contributed by atoms with Crippen molar-refractivity contribution in [1.82, 2.24) is 0 Å². The van der Waals surface area contributed by atoms with Crippen molar-refractivity contribution >= 4 is 0 Å². The molecule has 0 aliphatic heterocycles. The second-order valence-electron chi connectivity index (χ2n) is 4.86. The zero-order valence-corrected chi connectivity index (χ0v) is 11.2. The smallest absolute Gasteiger partial charge is 0.128 e. The number of rotatable bonds is 11. The molecule has 0 radical (unpaired) electrons. The Kier molecular flexibility index (Phi) is 9.66. The van der Waals surface area contributed by atoms with Crippen LogP contribution in [0.5, 0.6) is 0 Å². The van der Waals surface area contributed by atoms with Gasteiger partial charge in [-0.3, -0.25) is 0 Å². The van der Waals surface area contributed by atoms with Crippen molar-refractivity contribution in [3.63, 3.8) is 0 Å². The molecule has 1 unspecified atom stereocenters. The van der Waals surface area contributed by atoms with Crippen LogP contribution >= 0.6 is 0 Å². The average Bonchev–Trinajstić information content (AvgIpc) is 2.31. The van der Waals surface area contributed by atoms with Gasteiger partial charge in [-0.15, -0.1) is 0 Å². The van der Waals surface area contributed by atoms with Crippen LogP contribution in [0.1, 0.15) is 78.1 Å². The van der Waals surface area contributed by atoms with Crippen LogP contribution in [0.15, 0.2) is 12.7 Å². The van der Waals surface area contributed by atoms with Gasteiger partial charge in [-0.2, -0.15) is 0 Å². The van der Waals surface area contributed by atoms with Crippen LogP contribution in [0, 0.1) is 0 Å². The van der Waals surface area contributed by atoms with Gasteiger partial charge in [0.25, 0.3) is 0 Å². The van der Waals surface area contributed by atoms with Gasteiger partial charge in [0.05, 0.1) is 0 Å². The van der Waals surface area contributed by atoms with Gasteiger partial charge in [0.1, 0.15) is 5.67 Å². The summed E-state index contributed by atoms with van der Waals surface area (Å²) >= 11 is 0. The quantitative estimate of drug-likeness (QED) is 0.309. The van der Waals surface area contributed by atoms with E-state index < -0.39 is 5.67 Å². The first-order valence-electron chi connectivity index (χ1n) is 7.01. The fraction of sp³-hybridized carbons (Fsp3) is 0.867. The fourth-order valence-corrected chi connectivity index (χ4v) is 2.00. The van der Waals surface area contributed by atoms with Crippen LogP contribution in [0.3, 0.4) is 0 Å².